The molecule has 1 saturated carbocycles. The van der Waals surface area contributed by atoms with Gasteiger partial charge in [0.25, 0.3) is 0 Å². The lowest BCUT2D eigenvalue weighted by molar-refractivity contribution is -0.127. The number of nitrogens with zero attached hydrogens (tertiary/aromatic N) is 2. The van der Waals surface area contributed by atoms with Crippen LogP contribution < -0.4 is 5.32 Å². The van der Waals surface area contributed by atoms with Crippen molar-refractivity contribution in [2.45, 2.75) is 51.1 Å². The Kier molecular flexibility index (Phi) is 7.27. The van der Waals surface area contributed by atoms with Gasteiger partial charge in [0.1, 0.15) is 0 Å². The topological polar surface area (TPSA) is 35.6 Å². The quantitative estimate of drug-likeness (QED) is 0.851. The van der Waals surface area contributed by atoms with E-state index < -0.39 is 0 Å². The predicted octanol–water partition coefficient (Wildman–Crippen LogP) is 3.15. The summed E-state index contributed by atoms with van der Waals surface area (Å²) in [5.41, 5.74) is 1.25. The average molecular weight is 356 g/mol. The van der Waals surface area contributed by atoms with E-state index in [0.717, 1.165) is 45.6 Å². The number of piperazine rings is 1. The molecule has 0 radical (unpaired) electrons. The van der Waals surface area contributed by atoms with Crippen molar-refractivity contribution in [2.24, 2.45) is 0 Å². The molecule has 0 bridgehead atoms. The van der Waals surface area contributed by atoms with Gasteiger partial charge in [0.2, 0.25) is 5.91 Å². The van der Waals surface area contributed by atoms with Gasteiger partial charge in [-0.3, -0.25) is 14.6 Å². The van der Waals surface area contributed by atoms with Crippen molar-refractivity contribution in [2.75, 3.05) is 32.7 Å². The van der Waals surface area contributed by atoms with Crippen LogP contribution in [0.2, 0.25) is 0 Å². The minimum Gasteiger partial charge on any atom is -0.352 e. The molecule has 4 nitrogen and oxygen atoms in total. The fraction of sp³-hybridized carbons (Fsp3) is 0.591. The van der Waals surface area contributed by atoms with E-state index in [9.17, 15) is 4.79 Å². The third kappa shape index (κ3) is 5.68. The molecule has 1 atom stereocenters. The highest BCUT2D eigenvalue weighted by atomic mass is 16.2. The van der Waals surface area contributed by atoms with Crippen LogP contribution in [0.3, 0.4) is 0 Å². The second-order valence-electron chi connectivity index (χ2n) is 7.67. The van der Waals surface area contributed by atoms with E-state index in [1.54, 1.807) is 0 Å². The summed E-state index contributed by atoms with van der Waals surface area (Å²) in [6, 6.07) is 10.8. The number of rotatable bonds is 6. The average Bonchev–Trinajstić information content (AvgIpc) is 2.69. The van der Waals surface area contributed by atoms with Gasteiger partial charge >= 0.3 is 0 Å². The van der Waals surface area contributed by atoms with Crippen molar-refractivity contribution in [3.8, 4) is 0 Å². The standard InChI is InChI=1S/C22H33N3O/c1-19(22(26)23-21-12-6-3-7-13-21)25-17-15-24(16-18-25)14-8-11-20-9-4-2-5-10-20/h2,4-5,8-11,19,21H,3,6-7,12-18H2,1H3,(H,23,26)/b11-8+/t19-/m0/s1. The molecule has 2 fully saturated rings. The molecular weight excluding hydrogens is 322 g/mol. The zero-order valence-corrected chi connectivity index (χ0v) is 16.1. The molecule has 1 aliphatic carbocycles. The first kappa shape index (κ1) is 19.1. The molecule has 3 rings (SSSR count). The van der Waals surface area contributed by atoms with Crippen LogP contribution in [0.15, 0.2) is 36.4 Å². The number of carbonyl (C=O) groups excluding carboxylic acids is 1. The first-order chi connectivity index (χ1) is 12.7. The number of hydrogen-bond donors (Lipinski definition) is 1. The highest BCUT2D eigenvalue weighted by Crippen LogP contribution is 2.18. The number of carbonyl (C=O) groups is 1. The van der Waals surface area contributed by atoms with E-state index in [0.29, 0.717) is 6.04 Å². The predicted molar refractivity (Wildman–Crippen MR) is 108 cm³/mol. The minimum absolute atomic E-state index is 0.0149. The van der Waals surface area contributed by atoms with Crippen LogP contribution in [-0.4, -0.2) is 60.5 Å². The molecule has 1 aromatic carbocycles. The Balaban J connectivity index is 1.38. The molecule has 2 aliphatic rings. The summed E-state index contributed by atoms with van der Waals surface area (Å²) in [4.78, 5) is 17.3. The van der Waals surface area contributed by atoms with E-state index in [4.69, 9.17) is 0 Å². The SMILES string of the molecule is C[C@@H](C(=O)NC1CCCCC1)N1CCN(C/C=C/c2ccccc2)CC1. The lowest BCUT2D eigenvalue weighted by Gasteiger charge is -2.37. The number of amides is 1. The molecule has 0 unspecified atom stereocenters. The Hall–Kier alpha value is -1.65. The van der Waals surface area contributed by atoms with Crippen molar-refractivity contribution >= 4 is 12.0 Å². The van der Waals surface area contributed by atoms with Crippen LogP contribution in [0, 0.1) is 0 Å². The monoisotopic (exact) mass is 355 g/mol. The summed E-state index contributed by atoms with van der Waals surface area (Å²) in [6.07, 6.45) is 10.6. The molecule has 1 aliphatic heterocycles. The molecule has 0 aromatic heterocycles. The largest absolute Gasteiger partial charge is 0.352 e. The van der Waals surface area contributed by atoms with Gasteiger partial charge < -0.3 is 5.32 Å². The van der Waals surface area contributed by atoms with Gasteiger partial charge in [-0.2, -0.15) is 0 Å². The highest BCUT2D eigenvalue weighted by Gasteiger charge is 2.26. The van der Waals surface area contributed by atoms with Crippen molar-refractivity contribution in [1.82, 2.24) is 15.1 Å². The van der Waals surface area contributed by atoms with E-state index >= 15 is 0 Å². The van der Waals surface area contributed by atoms with E-state index in [-0.39, 0.29) is 11.9 Å². The Morgan fingerprint density at radius 2 is 1.81 bits per heavy atom. The van der Waals surface area contributed by atoms with Gasteiger partial charge in [-0.05, 0) is 25.3 Å². The van der Waals surface area contributed by atoms with Crippen LogP contribution in [0.25, 0.3) is 6.08 Å². The highest BCUT2D eigenvalue weighted by molar-refractivity contribution is 5.81. The van der Waals surface area contributed by atoms with Crippen LogP contribution >= 0.6 is 0 Å². The van der Waals surface area contributed by atoms with Gasteiger partial charge in [0.15, 0.2) is 0 Å². The van der Waals surface area contributed by atoms with Gasteiger partial charge in [-0.25, -0.2) is 0 Å². The fourth-order valence-corrected chi connectivity index (χ4v) is 3.97. The van der Waals surface area contributed by atoms with Gasteiger partial charge in [0.05, 0.1) is 6.04 Å². The zero-order chi connectivity index (χ0) is 18.2. The molecule has 1 N–H and O–H groups in total. The molecule has 1 saturated heterocycles. The summed E-state index contributed by atoms with van der Waals surface area (Å²) in [7, 11) is 0. The normalized spacial score (nSPS) is 21.7. The summed E-state index contributed by atoms with van der Waals surface area (Å²) in [5.74, 6) is 0.217. The third-order valence-electron chi connectivity index (χ3n) is 5.76. The van der Waals surface area contributed by atoms with Crippen molar-refractivity contribution in [3.05, 3.63) is 42.0 Å². The minimum atomic E-state index is -0.0149. The maximum Gasteiger partial charge on any atom is 0.237 e. The summed E-state index contributed by atoms with van der Waals surface area (Å²) in [6.45, 7) is 7.03. The van der Waals surface area contributed by atoms with Crippen LogP contribution in [-0.2, 0) is 4.79 Å². The van der Waals surface area contributed by atoms with E-state index in [1.807, 2.05) is 6.07 Å². The smallest absolute Gasteiger partial charge is 0.237 e. The Morgan fingerprint density at radius 3 is 2.50 bits per heavy atom. The molecule has 1 amide bonds. The molecule has 0 spiro atoms. The van der Waals surface area contributed by atoms with Crippen LogP contribution in [0.1, 0.15) is 44.6 Å². The lowest BCUT2D eigenvalue weighted by Crippen LogP contribution is -2.55. The Morgan fingerprint density at radius 1 is 1.12 bits per heavy atom. The third-order valence-corrected chi connectivity index (χ3v) is 5.76. The van der Waals surface area contributed by atoms with E-state index in [1.165, 1.54) is 24.8 Å². The van der Waals surface area contributed by atoms with Crippen LogP contribution in [0.4, 0.5) is 0 Å². The first-order valence-electron chi connectivity index (χ1n) is 10.2. The summed E-state index contributed by atoms with van der Waals surface area (Å²) in [5, 5.41) is 3.27. The van der Waals surface area contributed by atoms with Gasteiger partial charge in [0, 0.05) is 38.8 Å². The van der Waals surface area contributed by atoms with E-state index in [2.05, 4.69) is 58.5 Å². The molecule has 4 heteroatoms. The molecule has 142 valence electrons. The maximum absolute atomic E-state index is 12.5. The molecule has 1 heterocycles. The number of hydrogen-bond acceptors (Lipinski definition) is 3. The summed E-state index contributed by atoms with van der Waals surface area (Å²) >= 11 is 0. The summed E-state index contributed by atoms with van der Waals surface area (Å²) < 4.78 is 0. The Labute approximate surface area is 158 Å². The maximum atomic E-state index is 12.5. The second kappa shape index (κ2) is 9.89. The molecule has 26 heavy (non-hydrogen) atoms. The zero-order valence-electron chi connectivity index (χ0n) is 16.1. The van der Waals surface area contributed by atoms with Crippen molar-refractivity contribution in [3.63, 3.8) is 0 Å². The first-order valence-corrected chi connectivity index (χ1v) is 10.2. The number of nitrogens with one attached hydrogen (secondary N) is 1. The van der Waals surface area contributed by atoms with Crippen molar-refractivity contribution < 1.29 is 4.79 Å². The van der Waals surface area contributed by atoms with Gasteiger partial charge in [-0.1, -0.05) is 61.7 Å². The molecule has 1 aromatic rings. The lowest BCUT2D eigenvalue weighted by atomic mass is 9.95. The van der Waals surface area contributed by atoms with Crippen molar-refractivity contribution in [1.29, 1.82) is 0 Å². The second-order valence-corrected chi connectivity index (χ2v) is 7.67. The number of benzene rings is 1. The Bertz CT molecular complexity index is 572. The fourth-order valence-electron chi connectivity index (χ4n) is 3.97. The van der Waals surface area contributed by atoms with Crippen LogP contribution in [0.5, 0.6) is 0 Å². The molecular formula is C22H33N3O. The van der Waals surface area contributed by atoms with Gasteiger partial charge in [-0.15, -0.1) is 0 Å².